The Morgan fingerprint density at radius 1 is 1.54 bits per heavy atom. The molecule has 0 unspecified atom stereocenters. The number of hydrogen-bond acceptors (Lipinski definition) is 3. The van der Waals surface area contributed by atoms with Crippen LogP contribution in [0.2, 0.25) is 0 Å². The van der Waals surface area contributed by atoms with Crippen molar-refractivity contribution in [3.05, 3.63) is 16.1 Å². The highest BCUT2D eigenvalue weighted by Crippen LogP contribution is 2.16. The van der Waals surface area contributed by atoms with E-state index in [0.29, 0.717) is 5.69 Å². The van der Waals surface area contributed by atoms with Crippen molar-refractivity contribution in [3.63, 3.8) is 0 Å². The van der Waals surface area contributed by atoms with Gasteiger partial charge < -0.3 is 4.90 Å². The van der Waals surface area contributed by atoms with Gasteiger partial charge in [0.25, 0.3) is 5.91 Å². The monoisotopic (exact) mass is 196 g/mol. The molecular formula is C9H12N2OS. The van der Waals surface area contributed by atoms with E-state index in [2.05, 4.69) is 4.98 Å². The average Bonchev–Trinajstić information content (AvgIpc) is 2.72. The Bertz CT molecular complexity index is 315. The first-order chi connectivity index (χ1) is 6.29. The number of thiazole rings is 1. The molecule has 2 heterocycles. The Hall–Kier alpha value is -0.900. The van der Waals surface area contributed by atoms with E-state index in [1.54, 1.807) is 5.51 Å². The summed E-state index contributed by atoms with van der Waals surface area (Å²) in [6.07, 6.45) is 2.27. The molecule has 1 saturated heterocycles. The summed E-state index contributed by atoms with van der Waals surface area (Å²) in [6, 6.07) is 0. The zero-order valence-corrected chi connectivity index (χ0v) is 8.43. The van der Waals surface area contributed by atoms with Crippen molar-refractivity contribution in [2.45, 2.75) is 19.8 Å². The predicted octanol–water partition coefficient (Wildman–Crippen LogP) is 1.69. The summed E-state index contributed by atoms with van der Waals surface area (Å²) in [7, 11) is 0. The van der Waals surface area contributed by atoms with Gasteiger partial charge in [-0.3, -0.25) is 4.79 Å². The highest BCUT2D eigenvalue weighted by molar-refractivity contribution is 7.09. The molecule has 0 aliphatic carbocycles. The third-order valence-corrected chi connectivity index (χ3v) is 3.10. The molecule has 0 bridgehead atoms. The minimum Gasteiger partial charge on any atom is -0.337 e. The molecule has 70 valence electrons. The Balaban J connectivity index is 2.17. The van der Waals surface area contributed by atoms with Crippen molar-refractivity contribution in [1.29, 1.82) is 0 Å². The molecule has 0 aromatic carbocycles. The summed E-state index contributed by atoms with van der Waals surface area (Å²) in [5.41, 5.74) is 2.38. The molecule has 0 saturated carbocycles. The van der Waals surface area contributed by atoms with Gasteiger partial charge in [0.1, 0.15) is 5.69 Å². The molecule has 1 aromatic heterocycles. The second kappa shape index (κ2) is 3.46. The average molecular weight is 196 g/mol. The lowest BCUT2D eigenvalue weighted by Gasteiger charge is -2.13. The van der Waals surface area contributed by atoms with Gasteiger partial charge in [-0.15, -0.1) is 11.3 Å². The summed E-state index contributed by atoms with van der Waals surface area (Å²) in [4.78, 5) is 18.8. The fourth-order valence-electron chi connectivity index (χ4n) is 1.58. The molecular weight excluding hydrogens is 184 g/mol. The van der Waals surface area contributed by atoms with Crippen LogP contribution in [0.4, 0.5) is 0 Å². The number of rotatable bonds is 1. The smallest absolute Gasteiger partial charge is 0.273 e. The molecule has 1 amide bonds. The van der Waals surface area contributed by atoms with Gasteiger partial charge in [0, 0.05) is 18.0 Å². The Labute approximate surface area is 81.4 Å². The van der Waals surface area contributed by atoms with Gasteiger partial charge in [0.05, 0.1) is 5.51 Å². The lowest BCUT2D eigenvalue weighted by Crippen LogP contribution is -2.28. The standard InChI is InChI=1S/C9H12N2OS/c1-7-8(10-6-13-7)9(12)11-4-2-3-5-11/h6H,2-5H2,1H3. The maximum absolute atomic E-state index is 11.8. The van der Waals surface area contributed by atoms with Crippen LogP contribution in [0.1, 0.15) is 28.2 Å². The van der Waals surface area contributed by atoms with Crippen LogP contribution < -0.4 is 0 Å². The lowest BCUT2D eigenvalue weighted by atomic mass is 10.3. The minimum absolute atomic E-state index is 0.108. The third kappa shape index (κ3) is 1.58. The number of carbonyl (C=O) groups is 1. The molecule has 3 nitrogen and oxygen atoms in total. The molecule has 13 heavy (non-hydrogen) atoms. The van der Waals surface area contributed by atoms with E-state index in [4.69, 9.17) is 0 Å². The molecule has 0 N–H and O–H groups in total. The third-order valence-electron chi connectivity index (χ3n) is 2.34. The van der Waals surface area contributed by atoms with Gasteiger partial charge in [0.15, 0.2) is 0 Å². The van der Waals surface area contributed by atoms with E-state index in [-0.39, 0.29) is 5.91 Å². The highest BCUT2D eigenvalue weighted by atomic mass is 32.1. The van der Waals surface area contributed by atoms with Gasteiger partial charge >= 0.3 is 0 Å². The van der Waals surface area contributed by atoms with Crippen LogP contribution in [-0.4, -0.2) is 28.9 Å². The van der Waals surface area contributed by atoms with Gasteiger partial charge in [-0.2, -0.15) is 0 Å². The quantitative estimate of drug-likeness (QED) is 0.684. The Morgan fingerprint density at radius 2 is 2.23 bits per heavy atom. The Kier molecular flexibility index (Phi) is 2.31. The topological polar surface area (TPSA) is 33.2 Å². The summed E-state index contributed by atoms with van der Waals surface area (Å²) < 4.78 is 0. The van der Waals surface area contributed by atoms with E-state index in [1.165, 1.54) is 11.3 Å². The summed E-state index contributed by atoms with van der Waals surface area (Å²) in [6.45, 7) is 3.74. The van der Waals surface area contributed by atoms with Gasteiger partial charge in [-0.05, 0) is 19.8 Å². The maximum atomic E-state index is 11.8. The number of carbonyl (C=O) groups excluding carboxylic acids is 1. The number of aromatic nitrogens is 1. The van der Waals surface area contributed by atoms with E-state index < -0.39 is 0 Å². The first-order valence-corrected chi connectivity index (χ1v) is 5.36. The van der Waals surface area contributed by atoms with Crippen LogP contribution in [0, 0.1) is 6.92 Å². The van der Waals surface area contributed by atoms with Crippen LogP contribution in [0.5, 0.6) is 0 Å². The maximum Gasteiger partial charge on any atom is 0.273 e. The first kappa shape index (κ1) is 8.69. The van der Waals surface area contributed by atoms with E-state index >= 15 is 0 Å². The number of nitrogens with zero attached hydrogens (tertiary/aromatic N) is 2. The normalized spacial score (nSPS) is 16.5. The molecule has 0 radical (unpaired) electrons. The molecule has 0 atom stereocenters. The van der Waals surface area contributed by atoms with Crippen molar-refractivity contribution in [2.24, 2.45) is 0 Å². The van der Waals surface area contributed by atoms with Crippen LogP contribution in [0.15, 0.2) is 5.51 Å². The van der Waals surface area contributed by atoms with Crippen molar-refractivity contribution >= 4 is 17.2 Å². The number of likely N-dealkylation sites (tertiary alicyclic amines) is 1. The summed E-state index contributed by atoms with van der Waals surface area (Å²) >= 11 is 1.53. The first-order valence-electron chi connectivity index (χ1n) is 4.48. The largest absolute Gasteiger partial charge is 0.337 e. The van der Waals surface area contributed by atoms with E-state index in [0.717, 1.165) is 30.8 Å². The van der Waals surface area contributed by atoms with Crippen molar-refractivity contribution in [1.82, 2.24) is 9.88 Å². The lowest BCUT2D eigenvalue weighted by molar-refractivity contribution is 0.0787. The van der Waals surface area contributed by atoms with Crippen molar-refractivity contribution < 1.29 is 4.79 Å². The zero-order chi connectivity index (χ0) is 9.26. The van der Waals surface area contributed by atoms with Crippen LogP contribution in [0.25, 0.3) is 0 Å². The number of amides is 1. The molecule has 2 rings (SSSR count). The van der Waals surface area contributed by atoms with E-state index in [1.807, 2.05) is 11.8 Å². The zero-order valence-electron chi connectivity index (χ0n) is 7.62. The minimum atomic E-state index is 0.108. The Morgan fingerprint density at radius 3 is 2.77 bits per heavy atom. The van der Waals surface area contributed by atoms with Gasteiger partial charge in [-0.25, -0.2) is 4.98 Å². The van der Waals surface area contributed by atoms with Crippen LogP contribution in [0.3, 0.4) is 0 Å². The summed E-state index contributed by atoms with van der Waals surface area (Å²) in [5, 5.41) is 0. The molecule has 4 heteroatoms. The van der Waals surface area contributed by atoms with Crippen molar-refractivity contribution in [3.8, 4) is 0 Å². The van der Waals surface area contributed by atoms with Gasteiger partial charge in [-0.1, -0.05) is 0 Å². The summed E-state index contributed by atoms with van der Waals surface area (Å²) in [5.74, 6) is 0.108. The predicted molar refractivity (Wildman–Crippen MR) is 52.0 cm³/mol. The van der Waals surface area contributed by atoms with Crippen molar-refractivity contribution in [2.75, 3.05) is 13.1 Å². The SMILES string of the molecule is Cc1scnc1C(=O)N1CCCC1. The molecule has 1 aliphatic rings. The number of aryl methyl sites for hydroxylation is 1. The molecule has 1 aliphatic heterocycles. The molecule has 1 fully saturated rings. The fraction of sp³-hybridized carbons (Fsp3) is 0.556. The second-order valence-electron chi connectivity index (χ2n) is 3.26. The van der Waals surface area contributed by atoms with E-state index in [9.17, 15) is 4.79 Å². The second-order valence-corrected chi connectivity index (χ2v) is 4.32. The fourth-order valence-corrected chi connectivity index (χ4v) is 2.15. The van der Waals surface area contributed by atoms with Crippen LogP contribution >= 0.6 is 11.3 Å². The molecule has 0 spiro atoms. The highest BCUT2D eigenvalue weighted by Gasteiger charge is 2.22. The number of hydrogen-bond donors (Lipinski definition) is 0. The molecule has 1 aromatic rings. The van der Waals surface area contributed by atoms with Crippen LogP contribution in [-0.2, 0) is 0 Å². The van der Waals surface area contributed by atoms with Gasteiger partial charge in [0.2, 0.25) is 0 Å².